The number of amides is 1. The maximum Gasteiger partial charge on any atom is 0.225 e. The number of halogens is 1. The van der Waals surface area contributed by atoms with E-state index in [4.69, 9.17) is 0 Å². The molecule has 2 N–H and O–H groups in total. The highest BCUT2D eigenvalue weighted by Gasteiger charge is 2.04. The standard InChI is InChI=1S/C13H15N3O.ClH/c1-10-9-12(16-15-10)14-13(17)8-7-11-5-3-2-4-6-11;/h2-6,9H,7-8H2,1H3,(H2,14,15,16,17);1H. The van der Waals surface area contributed by atoms with Gasteiger partial charge in [-0.05, 0) is 18.9 Å². The number of nitrogens with one attached hydrogen (secondary N) is 2. The van der Waals surface area contributed by atoms with Gasteiger partial charge in [0.25, 0.3) is 0 Å². The summed E-state index contributed by atoms with van der Waals surface area (Å²) in [6, 6.07) is 11.8. The van der Waals surface area contributed by atoms with E-state index in [-0.39, 0.29) is 18.3 Å². The monoisotopic (exact) mass is 265 g/mol. The van der Waals surface area contributed by atoms with Crippen LogP contribution in [0.5, 0.6) is 0 Å². The highest BCUT2D eigenvalue weighted by molar-refractivity contribution is 5.89. The Morgan fingerprint density at radius 1 is 1.33 bits per heavy atom. The third-order valence-electron chi connectivity index (χ3n) is 2.46. The van der Waals surface area contributed by atoms with Crippen LogP contribution in [0.1, 0.15) is 17.7 Å². The molecule has 0 atom stereocenters. The Bertz CT molecular complexity index is 496. The number of nitrogens with zero attached hydrogens (tertiary/aromatic N) is 1. The third kappa shape index (κ3) is 4.22. The van der Waals surface area contributed by atoms with Gasteiger partial charge in [0.1, 0.15) is 0 Å². The fraction of sp³-hybridized carbons (Fsp3) is 0.231. The predicted molar refractivity (Wildman–Crippen MR) is 74.0 cm³/mol. The Labute approximate surface area is 112 Å². The van der Waals surface area contributed by atoms with E-state index in [9.17, 15) is 4.79 Å². The van der Waals surface area contributed by atoms with Crippen LogP contribution in [0, 0.1) is 6.92 Å². The van der Waals surface area contributed by atoms with Crippen LogP contribution >= 0.6 is 12.4 Å². The fourth-order valence-corrected chi connectivity index (χ4v) is 1.59. The number of anilines is 1. The summed E-state index contributed by atoms with van der Waals surface area (Å²) in [7, 11) is 0. The third-order valence-corrected chi connectivity index (χ3v) is 2.46. The van der Waals surface area contributed by atoms with E-state index in [1.807, 2.05) is 37.3 Å². The molecule has 2 rings (SSSR count). The summed E-state index contributed by atoms with van der Waals surface area (Å²) in [4.78, 5) is 11.6. The molecular weight excluding hydrogens is 250 g/mol. The lowest BCUT2D eigenvalue weighted by molar-refractivity contribution is -0.116. The van der Waals surface area contributed by atoms with Gasteiger partial charge in [-0.25, -0.2) is 0 Å². The zero-order valence-corrected chi connectivity index (χ0v) is 11.0. The van der Waals surface area contributed by atoms with Gasteiger partial charge < -0.3 is 5.32 Å². The number of rotatable bonds is 4. The Morgan fingerprint density at radius 2 is 2.06 bits per heavy atom. The maximum absolute atomic E-state index is 11.6. The second-order valence-corrected chi connectivity index (χ2v) is 3.97. The van der Waals surface area contributed by atoms with Gasteiger partial charge in [-0.15, -0.1) is 12.4 Å². The number of aromatic amines is 1. The number of hydrogen-bond acceptors (Lipinski definition) is 2. The number of H-pyrrole nitrogens is 1. The van der Waals surface area contributed by atoms with Crippen LogP contribution in [-0.2, 0) is 11.2 Å². The lowest BCUT2D eigenvalue weighted by Gasteiger charge is -2.01. The molecule has 1 aromatic heterocycles. The summed E-state index contributed by atoms with van der Waals surface area (Å²) in [5, 5.41) is 9.49. The number of carbonyl (C=O) groups is 1. The van der Waals surface area contributed by atoms with Gasteiger partial charge in [0.2, 0.25) is 5.91 Å². The van der Waals surface area contributed by atoms with Crippen LogP contribution in [0.15, 0.2) is 36.4 Å². The van der Waals surface area contributed by atoms with E-state index in [0.29, 0.717) is 12.2 Å². The average molecular weight is 266 g/mol. The van der Waals surface area contributed by atoms with E-state index in [1.165, 1.54) is 5.56 Å². The molecule has 2 aromatic rings. The highest BCUT2D eigenvalue weighted by atomic mass is 35.5. The molecule has 0 aliphatic heterocycles. The molecule has 0 radical (unpaired) electrons. The molecule has 4 nitrogen and oxygen atoms in total. The summed E-state index contributed by atoms with van der Waals surface area (Å²) in [6.07, 6.45) is 1.21. The van der Waals surface area contributed by atoms with Crippen LogP contribution in [0.4, 0.5) is 5.82 Å². The minimum absolute atomic E-state index is 0. The molecule has 0 bridgehead atoms. The van der Waals surface area contributed by atoms with Crippen LogP contribution < -0.4 is 5.32 Å². The molecule has 0 fully saturated rings. The maximum atomic E-state index is 11.6. The smallest absolute Gasteiger partial charge is 0.225 e. The van der Waals surface area contributed by atoms with Crippen LogP contribution in [0.3, 0.4) is 0 Å². The van der Waals surface area contributed by atoms with Gasteiger partial charge in [0, 0.05) is 18.2 Å². The predicted octanol–water partition coefficient (Wildman–Crippen LogP) is 2.71. The Kier molecular flexibility index (Phi) is 5.39. The first-order chi connectivity index (χ1) is 8.24. The number of carbonyl (C=O) groups excluding carboxylic acids is 1. The number of benzene rings is 1. The molecule has 0 aliphatic rings. The number of aryl methyl sites for hydroxylation is 2. The largest absolute Gasteiger partial charge is 0.309 e. The molecule has 1 amide bonds. The van der Waals surface area contributed by atoms with E-state index >= 15 is 0 Å². The molecule has 1 aromatic carbocycles. The molecule has 18 heavy (non-hydrogen) atoms. The zero-order chi connectivity index (χ0) is 12.1. The Balaban J connectivity index is 0.00000162. The summed E-state index contributed by atoms with van der Waals surface area (Å²) in [6.45, 7) is 1.90. The van der Waals surface area contributed by atoms with E-state index < -0.39 is 0 Å². The first-order valence-corrected chi connectivity index (χ1v) is 5.60. The molecule has 0 aliphatic carbocycles. The van der Waals surface area contributed by atoms with Gasteiger partial charge in [0.05, 0.1) is 0 Å². The van der Waals surface area contributed by atoms with Gasteiger partial charge in [-0.3, -0.25) is 9.89 Å². The molecule has 5 heteroatoms. The van der Waals surface area contributed by atoms with E-state index in [1.54, 1.807) is 6.07 Å². The minimum atomic E-state index is -0.0136. The van der Waals surface area contributed by atoms with E-state index in [0.717, 1.165) is 12.1 Å². The molecule has 0 saturated carbocycles. The van der Waals surface area contributed by atoms with Crippen LogP contribution in [0.25, 0.3) is 0 Å². The topological polar surface area (TPSA) is 57.8 Å². The minimum Gasteiger partial charge on any atom is -0.309 e. The second-order valence-electron chi connectivity index (χ2n) is 3.97. The van der Waals surface area contributed by atoms with Crippen molar-refractivity contribution in [1.29, 1.82) is 0 Å². The Morgan fingerprint density at radius 3 is 2.67 bits per heavy atom. The normalized spacial score (nSPS) is 9.61. The number of aromatic nitrogens is 2. The lowest BCUT2D eigenvalue weighted by atomic mass is 10.1. The molecule has 96 valence electrons. The molecule has 1 heterocycles. The van der Waals surface area contributed by atoms with Gasteiger partial charge >= 0.3 is 0 Å². The molecule has 0 spiro atoms. The van der Waals surface area contributed by atoms with Gasteiger partial charge in [0.15, 0.2) is 5.82 Å². The van der Waals surface area contributed by atoms with Crippen molar-refractivity contribution in [3.8, 4) is 0 Å². The lowest BCUT2D eigenvalue weighted by Crippen LogP contribution is -2.12. The summed E-state index contributed by atoms with van der Waals surface area (Å²) in [5.41, 5.74) is 2.10. The first-order valence-electron chi connectivity index (χ1n) is 5.60. The summed E-state index contributed by atoms with van der Waals surface area (Å²) >= 11 is 0. The SMILES string of the molecule is Cc1cc(NC(=O)CCc2ccccc2)n[nH]1.Cl. The van der Waals surface area contributed by atoms with Crippen molar-refractivity contribution in [2.75, 3.05) is 5.32 Å². The first kappa shape index (κ1) is 14.3. The van der Waals surface area contributed by atoms with Crippen LogP contribution in [0.2, 0.25) is 0 Å². The fourth-order valence-electron chi connectivity index (χ4n) is 1.59. The molecule has 0 unspecified atom stereocenters. The Hall–Kier alpha value is -1.81. The second kappa shape index (κ2) is 6.81. The van der Waals surface area contributed by atoms with Crippen molar-refractivity contribution in [2.45, 2.75) is 19.8 Å². The van der Waals surface area contributed by atoms with E-state index in [2.05, 4.69) is 15.5 Å². The van der Waals surface area contributed by atoms with Crippen molar-refractivity contribution >= 4 is 24.1 Å². The van der Waals surface area contributed by atoms with Crippen molar-refractivity contribution in [1.82, 2.24) is 10.2 Å². The molecular formula is C13H16ClN3O. The van der Waals surface area contributed by atoms with Crippen molar-refractivity contribution in [3.63, 3.8) is 0 Å². The van der Waals surface area contributed by atoms with Crippen molar-refractivity contribution in [3.05, 3.63) is 47.7 Å². The van der Waals surface area contributed by atoms with Crippen molar-refractivity contribution < 1.29 is 4.79 Å². The highest BCUT2D eigenvalue weighted by Crippen LogP contribution is 2.06. The van der Waals surface area contributed by atoms with Gasteiger partial charge in [-0.2, -0.15) is 5.10 Å². The van der Waals surface area contributed by atoms with Gasteiger partial charge in [-0.1, -0.05) is 30.3 Å². The number of hydrogen-bond donors (Lipinski definition) is 2. The zero-order valence-electron chi connectivity index (χ0n) is 10.1. The van der Waals surface area contributed by atoms with Crippen LogP contribution in [-0.4, -0.2) is 16.1 Å². The quantitative estimate of drug-likeness (QED) is 0.893. The summed E-state index contributed by atoms with van der Waals surface area (Å²) < 4.78 is 0. The van der Waals surface area contributed by atoms with Crippen molar-refractivity contribution in [2.24, 2.45) is 0 Å². The average Bonchev–Trinajstić information content (AvgIpc) is 2.73. The summed E-state index contributed by atoms with van der Waals surface area (Å²) in [5.74, 6) is 0.570. The molecule has 0 saturated heterocycles.